The predicted octanol–water partition coefficient (Wildman–Crippen LogP) is 2.99. The predicted molar refractivity (Wildman–Crippen MR) is 71.4 cm³/mol. The first-order valence-electron chi connectivity index (χ1n) is 6.28. The lowest BCUT2D eigenvalue weighted by atomic mass is 9.93. The third-order valence-electron chi connectivity index (χ3n) is 3.40. The fraction of sp³-hybridized carbons (Fsp3) is 0.500. The molecule has 0 amide bonds. The summed E-state index contributed by atoms with van der Waals surface area (Å²) in [5.41, 5.74) is -0.368. The summed E-state index contributed by atoms with van der Waals surface area (Å²) in [5, 5.41) is 12.8. The Hall–Kier alpha value is -1.15. The molecule has 1 aliphatic heterocycles. The molecule has 0 aliphatic carbocycles. The second-order valence-corrected chi connectivity index (χ2v) is 5.28. The van der Waals surface area contributed by atoms with Crippen molar-refractivity contribution in [2.24, 2.45) is 0 Å². The first-order chi connectivity index (χ1) is 9.05. The van der Waals surface area contributed by atoms with Gasteiger partial charge in [-0.15, -0.1) is 0 Å². The Morgan fingerprint density at radius 2 is 2.42 bits per heavy atom. The van der Waals surface area contributed by atoms with E-state index in [0.717, 1.165) is 19.4 Å². The van der Waals surface area contributed by atoms with Gasteiger partial charge in [0.2, 0.25) is 0 Å². The molecule has 3 nitrogen and oxygen atoms in total. The maximum atomic E-state index is 13.1. The summed E-state index contributed by atoms with van der Waals surface area (Å²) < 4.78 is 18.6. The molecule has 102 valence electrons. The first kappa shape index (κ1) is 14.3. The van der Waals surface area contributed by atoms with Gasteiger partial charge < -0.3 is 4.74 Å². The van der Waals surface area contributed by atoms with Crippen LogP contribution in [0.25, 0.3) is 0 Å². The maximum Gasteiger partial charge on any atom is 0.130 e. The minimum atomic E-state index is -0.948. The number of nitrogens with one attached hydrogen (secondary N) is 1. The van der Waals surface area contributed by atoms with Crippen LogP contribution in [0.4, 0.5) is 4.39 Å². The Bertz CT molecular complexity index is 497. The third-order valence-corrected chi connectivity index (χ3v) is 3.71. The van der Waals surface area contributed by atoms with Crippen molar-refractivity contribution in [3.8, 4) is 6.07 Å². The average Bonchev–Trinajstić information content (AvgIpc) is 2.89. The van der Waals surface area contributed by atoms with Gasteiger partial charge in [-0.3, -0.25) is 5.32 Å². The molecule has 2 unspecified atom stereocenters. The lowest BCUT2D eigenvalue weighted by Gasteiger charge is -2.26. The van der Waals surface area contributed by atoms with Crippen LogP contribution in [-0.4, -0.2) is 19.3 Å². The Morgan fingerprint density at radius 1 is 1.63 bits per heavy atom. The summed E-state index contributed by atoms with van der Waals surface area (Å²) in [6.07, 6.45) is 2.17. The van der Waals surface area contributed by atoms with Crippen molar-refractivity contribution >= 4 is 11.6 Å². The molecular formula is C14H16ClFN2O. The summed E-state index contributed by atoms with van der Waals surface area (Å²) in [5.74, 6) is -0.409. The zero-order valence-electron chi connectivity index (χ0n) is 10.7. The summed E-state index contributed by atoms with van der Waals surface area (Å²) in [7, 11) is 0. The van der Waals surface area contributed by atoms with Crippen LogP contribution in [0, 0.1) is 17.1 Å². The largest absolute Gasteiger partial charge is 0.377 e. The van der Waals surface area contributed by atoms with Gasteiger partial charge in [0.1, 0.15) is 11.4 Å². The summed E-state index contributed by atoms with van der Waals surface area (Å²) in [6.45, 7) is 3.09. The van der Waals surface area contributed by atoms with Crippen LogP contribution < -0.4 is 5.32 Å². The normalized spacial score (nSPS) is 21.9. The molecule has 1 aromatic rings. The molecular weight excluding hydrogens is 267 g/mol. The van der Waals surface area contributed by atoms with Crippen LogP contribution >= 0.6 is 11.6 Å². The number of ether oxygens (including phenoxy) is 1. The van der Waals surface area contributed by atoms with Crippen molar-refractivity contribution in [2.75, 3.05) is 13.2 Å². The lowest BCUT2D eigenvalue weighted by Crippen LogP contribution is -2.42. The van der Waals surface area contributed by atoms with Gasteiger partial charge in [-0.1, -0.05) is 17.7 Å². The molecule has 1 heterocycles. The second-order valence-electron chi connectivity index (χ2n) is 4.88. The molecule has 1 saturated heterocycles. The van der Waals surface area contributed by atoms with Crippen LogP contribution in [0.3, 0.4) is 0 Å². The zero-order chi connectivity index (χ0) is 13.9. The van der Waals surface area contributed by atoms with Gasteiger partial charge >= 0.3 is 0 Å². The average molecular weight is 283 g/mol. The SMILES string of the molecule is CC(C#N)(NCC1CCCO1)c1ccc(F)cc1Cl. The number of halogens is 2. The van der Waals surface area contributed by atoms with Crippen molar-refractivity contribution < 1.29 is 9.13 Å². The Balaban J connectivity index is 2.14. The monoisotopic (exact) mass is 282 g/mol. The Labute approximate surface area is 117 Å². The van der Waals surface area contributed by atoms with E-state index in [-0.39, 0.29) is 11.1 Å². The van der Waals surface area contributed by atoms with E-state index in [1.165, 1.54) is 12.1 Å². The van der Waals surface area contributed by atoms with Gasteiger partial charge in [-0.2, -0.15) is 5.26 Å². The molecule has 1 fully saturated rings. The smallest absolute Gasteiger partial charge is 0.130 e. The van der Waals surface area contributed by atoms with E-state index in [0.29, 0.717) is 12.1 Å². The quantitative estimate of drug-likeness (QED) is 0.923. The Morgan fingerprint density at radius 3 is 3.00 bits per heavy atom. The van der Waals surface area contributed by atoms with E-state index in [4.69, 9.17) is 16.3 Å². The fourth-order valence-electron chi connectivity index (χ4n) is 2.21. The highest BCUT2D eigenvalue weighted by Crippen LogP contribution is 2.28. The van der Waals surface area contributed by atoms with E-state index in [9.17, 15) is 9.65 Å². The van der Waals surface area contributed by atoms with Gasteiger partial charge in [0, 0.05) is 23.7 Å². The Kier molecular flexibility index (Phi) is 4.41. The second kappa shape index (κ2) is 5.87. The lowest BCUT2D eigenvalue weighted by molar-refractivity contribution is 0.105. The molecule has 1 aromatic carbocycles. The minimum absolute atomic E-state index is 0.131. The number of benzene rings is 1. The van der Waals surface area contributed by atoms with E-state index in [1.807, 2.05) is 0 Å². The molecule has 0 bridgehead atoms. The van der Waals surface area contributed by atoms with Crippen LogP contribution in [-0.2, 0) is 10.3 Å². The van der Waals surface area contributed by atoms with E-state index < -0.39 is 11.4 Å². The van der Waals surface area contributed by atoms with Gasteiger partial charge in [-0.25, -0.2) is 4.39 Å². The first-order valence-corrected chi connectivity index (χ1v) is 6.66. The maximum absolute atomic E-state index is 13.1. The van der Waals surface area contributed by atoms with Crippen LogP contribution in [0.5, 0.6) is 0 Å². The summed E-state index contributed by atoms with van der Waals surface area (Å²) in [4.78, 5) is 0. The number of hydrogen-bond acceptors (Lipinski definition) is 3. The van der Waals surface area contributed by atoms with Crippen molar-refractivity contribution in [1.29, 1.82) is 5.26 Å². The van der Waals surface area contributed by atoms with Crippen molar-refractivity contribution in [3.05, 3.63) is 34.6 Å². The van der Waals surface area contributed by atoms with Crippen LogP contribution in [0.15, 0.2) is 18.2 Å². The highest BCUT2D eigenvalue weighted by atomic mass is 35.5. The molecule has 1 N–H and O–H groups in total. The number of hydrogen-bond donors (Lipinski definition) is 1. The standard InChI is InChI=1S/C14H16ClFN2O/c1-14(9-17,18-8-11-3-2-6-19-11)12-5-4-10(16)7-13(12)15/h4-5,7,11,18H,2-3,6,8H2,1H3. The third kappa shape index (κ3) is 3.24. The van der Waals surface area contributed by atoms with Gasteiger partial charge in [0.25, 0.3) is 0 Å². The van der Waals surface area contributed by atoms with E-state index >= 15 is 0 Å². The molecule has 0 radical (unpaired) electrons. The van der Waals surface area contributed by atoms with Crippen molar-refractivity contribution in [3.63, 3.8) is 0 Å². The van der Waals surface area contributed by atoms with E-state index in [1.54, 1.807) is 13.0 Å². The molecule has 1 aliphatic rings. The highest BCUT2D eigenvalue weighted by Gasteiger charge is 2.30. The van der Waals surface area contributed by atoms with Gasteiger partial charge in [0.05, 0.1) is 12.2 Å². The van der Waals surface area contributed by atoms with Crippen LogP contribution in [0.1, 0.15) is 25.3 Å². The summed E-state index contributed by atoms with van der Waals surface area (Å²) >= 11 is 6.03. The van der Waals surface area contributed by atoms with Crippen molar-refractivity contribution in [1.82, 2.24) is 5.32 Å². The number of nitrogens with zero attached hydrogens (tertiary/aromatic N) is 1. The van der Waals surface area contributed by atoms with Gasteiger partial charge in [-0.05, 0) is 31.9 Å². The molecule has 0 saturated carbocycles. The van der Waals surface area contributed by atoms with Crippen molar-refractivity contribution in [2.45, 2.75) is 31.4 Å². The molecule has 5 heteroatoms. The molecule has 2 rings (SSSR count). The fourth-order valence-corrected chi connectivity index (χ4v) is 2.57. The molecule has 0 aromatic heterocycles. The molecule has 19 heavy (non-hydrogen) atoms. The van der Waals surface area contributed by atoms with Crippen LogP contribution in [0.2, 0.25) is 5.02 Å². The molecule has 0 spiro atoms. The number of rotatable bonds is 4. The summed E-state index contributed by atoms with van der Waals surface area (Å²) in [6, 6.07) is 6.28. The molecule has 2 atom stereocenters. The highest BCUT2D eigenvalue weighted by molar-refractivity contribution is 6.31. The number of nitriles is 1. The zero-order valence-corrected chi connectivity index (χ0v) is 11.5. The van der Waals surface area contributed by atoms with Gasteiger partial charge in [0.15, 0.2) is 0 Å². The topological polar surface area (TPSA) is 45.0 Å². The minimum Gasteiger partial charge on any atom is -0.377 e. The van der Waals surface area contributed by atoms with E-state index in [2.05, 4.69) is 11.4 Å².